The van der Waals surface area contributed by atoms with Crippen LogP contribution in [0.15, 0.2) is 39.9 Å². The van der Waals surface area contributed by atoms with E-state index < -0.39 is 40.3 Å². The molecule has 4 aromatic rings. The van der Waals surface area contributed by atoms with E-state index in [1.807, 2.05) is 0 Å². The summed E-state index contributed by atoms with van der Waals surface area (Å²) >= 11 is 1.79. The van der Waals surface area contributed by atoms with Gasteiger partial charge in [-0.1, -0.05) is 11.8 Å². The molecular formula is C17H8F4N4O2S2. The lowest BCUT2D eigenvalue weighted by molar-refractivity contribution is 0.411. The zero-order valence-electron chi connectivity index (χ0n) is 14.1. The predicted molar refractivity (Wildman–Crippen MR) is 98.3 cm³/mol. The number of nitrogens with zero attached hydrogens (tertiary/aromatic N) is 4. The fourth-order valence-corrected chi connectivity index (χ4v) is 4.18. The lowest BCUT2D eigenvalue weighted by Crippen LogP contribution is -2.21. The summed E-state index contributed by atoms with van der Waals surface area (Å²) in [6, 6.07) is 1.96. The molecule has 0 saturated heterocycles. The average Bonchev–Trinajstić information content (AvgIpc) is 3.12. The second-order valence-corrected chi connectivity index (χ2v) is 7.47. The van der Waals surface area contributed by atoms with Crippen molar-refractivity contribution >= 4 is 33.4 Å². The summed E-state index contributed by atoms with van der Waals surface area (Å²) in [6.07, 6.45) is 1.05. The molecule has 0 saturated carbocycles. The second-order valence-electron chi connectivity index (χ2n) is 5.68. The van der Waals surface area contributed by atoms with Gasteiger partial charge in [0.05, 0.1) is 17.4 Å². The number of pyridine rings is 1. The third-order valence-corrected chi connectivity index (χ3v) is 5.62. The molecule has 0 fully saturated rings. The van der Waals surface area contributed by atoms with E-state index in [2.05, 4.69) is 15.0 Å². The summed E-state index contributed by atoms with van der Waals surface area (Å²) in [4.78, 5) is 24.5. The molecule has 12 heteroatoms. The minimum Gasteiger partial charge on any atom is -0.491 e. The van der Waals surface area contributed by atoms with Gasteiger partial charge in [-0.05, 0) is 0 Å². The topological polar surface area (TPSA) is 80.9 Å². The van der Waals surface area contributed by atoms with Crippen molar-refractivity contribution in [2.24, 2.45) is 0 Å². The van der Waals surface area contributed by atoms with Crippen LogP contribution in [0.2, 0.25) is 0 Å². The van der Waals surface area contributed by atoms with E-state index in [1.54, 1.807) is 0 Å². The van der Waals surface area contributed by atoms with Gasteiger partial charge in [0.15, 0.2) is 16.6 Å². The van der Waals surface area contributed by atoms with Gasteiger partial charge in [0, 0.05) is 29.5 Å². The molecular weight excluding hydrogens is 432 g/mol. The molecule has 0 aliphatic heterocycles. The Kier molecular flexibility index (Phi) is 4.96. The van der Waals surface area contributed by atoms with Crippen molar-refractivity contribution in [1.29, 1.82) is 0 Å². The van der Waals surface area contributed by atoms with E-state index in [0.29, 0.717) is 12.1 Å². The highest BCUT2D eigenvalue weighted by Gasteiger charge is 2.19. The minimum absolute atomic E-state index is 0.0385. The number of aromatic nitrogens is 4. The van der Waals surface area contributed by atoms with Crippen molar-refractivity contribution in [1.82, 2.24) is 19.5 Å². The summed E-state index contributed by atoms with van der Waals surface area (Å²) in [5, 5.41) is 9.25. The molecule has 0 radical (unpaired) electrons. The maximum atomic E-state index is 13.9. The fourth-order valence-electron chi connectivity index (χ4n) is 2.51. The van der Waals surface area contributed by atoms with E-state index in [4.69, 9.17) is 0 Å². The number of thiazole rings is 1. The predicted octanol–water partition coefficient (Wildman–Crippen LogP) is 3.79. The molecule has 0 aliphatic carbocycles. The molecule has 148 valence electrons. The van der Waals surface area contributed by atoms with E-state index in [-0.39, 0.29) is 26.9 Å². The van der Waals surface area contributed by atoms with Crippen LogP contribution in [0, 0.1) is 23.3 Å². The highest BCUT2D eigenvalue weighted by Crippen LogP contribution is 2.28. The molecule has 0 atom stereocenters. The first kappa shape index (κ1) is 19.3. The van der Waals surface area contributed by atoms with Crippen LogP contribution in [0.5, 0.6) is 5.88 Å². The summed E-state index contributed by atoms with van der Waals surface area (Å²) in [6.45, 7) is 0. The van der Waals surface area contributed by atoms with Crippen LogP contribution in [-0.4, -0.2) is 24.6 Å². The van der Waals surface area contributed by atoms with Crippen molar-refractivity contribution in [2.75, 3.05) is 0 Å². The van der Waals surface area contributed by atoms with E-state index in [1.165, 1.54) is 5.51 Å². The van der Waals surface area contributed by atoms with E-state index in [0.717, 1.165) is 39.9 Å². The first-order chi connectivity index (χ1) is 13.8. The Hall–Kier alpha value is -2.99. The van der Waals surface area contributed by atoms with Gasteiger partial charge < -0.3 is 5.11 Å². The summed E-state index contributed by atoms with van der Waals surface area (Å²) in [5.74, 6) is -5.47. The Morgan fingerprint density at radius 2 is 1.79 bits per heavy atom. The number of thioether (sulfide) groups is 1. The minimum atomic E-state index is -1.09. The molecule has 3 heterocycles. The van der Waals surface area contributed by atoms with E-state index >= 15 is 0 Å². The summed E-state index contributed by atoms with van der Waals surface area (Å²) in [7, 11) is 0. The lowest BCUT2D eigenvalue weighted by atomic mass is 10.2. The maximum absolute atomic E-state index is 13.9. The molecule has 29 heavy (non-hydrogen) atoms. The Bertz CT molecular complexity index is 1290. The lowest BCUT2D eigenvalue weighted by Gasteiger charge is -2.12. The molecule has 0 aliphatic rings. The van der Waals surface area contributed by atoms with Crippen molar-refractivity contribution in [3.05, 3.63) is 69.1 Å². The third-order valence-electron chi connectivity index (χ3n) is 3.86. The highest BCUT2D eigenvalue weighted by molar-refractivity contribution is 7.98. The number of halogens is 4. The molecule has 3 aromatic heterocycles. The largest absolute Gasteiger partial charge is 0.491 e. The van der Waals surface area contributed by atoms with Crippen LogP contribution in [-0.2, 0) is 5.75 Å². The van der Waals surface area contributed by atoms with Gasteiger partial charge in [0.2, 0.25) is 5.88 Å². The average molecular weight is 440 g/mol. The quantitative estimate of drug-likeness (QED) is 0.296. The number of fused-ring (bicyclic) bond motifs is 1. The van der Waals surface area contributed by atoms with Crippen LogP contribution in [0.3, 0.4) is 0 Å². The molecule has 4 rings (SSSR count). The zero-order valence-corrected chi connectivity index (χ0v) is 15.7. The van der Waals surface area contributed by atoms with Gasteiger partial charge in [-0.15, -0.1) is 11.3 Å². The Morgan fingerprint density at radius 1 is 1.07 bits per heavy atom. The number of hydrogen-bond acceptors (Lipinski definition) is 7. The number of aromatic hydroxyl groups is 1. The zero-order chi connectivity index (χ0) is 20.7. The van der Waals surface area contributed by atoms with Crippen LogP contribution < -0.4 is 5.56 Å². The van der Waals surface area contributed by atoms with Crippen LogP contribution in [0.4, 0.5) is 17.6 Å². The second kappa shape index (κ2) is 7.44. The van der Waals surface area contributed by atoms with E-state index in [9.17, 15) is 27.5 Å². The summed E-state index contributed by atoms with van der Waals surface area (Å²) in [5.41, 5.74) is 0.464. The van der Waals surface area contributed by atoms with Gasteiger partial charge in [-0.2, -0.15) is 0 Å². The monoisotopic (exact) mass is 440 g/mol. The first-order valence-electron chi connectivity index (χ1n) is 7.82. The number of benzene rings is 1. The van der Waals surface area contributed by atoms with Crippen molar-refractivity contribution in [3.63, 3.8) is 0 Å². The Labute approximate surface area is 167 Å². The van der Waals surface area contributed by atoms with Crippen LogP contribution >= 0.6 is 23.1 Å². The van der Waals surface area contributed by atoms with Gasteiger partial charge in [0.25, 0.3) is 5.56 Å². The van der Waals surface area contributed by atoms with Gasteiger partial charge in [-0.25, -0.2) is 32.5 Å². The smallest absolute Gasteiger partial charge is 0.278 e. The van der Waals surface area contributed by atoms with Gasteiger partial charge >= 0.3 is 0 Å². The highest BCUT2D eigenvalue weighted by atomic mass is 32.2. The number of rotatable bonds is 4. The van der Waals surface area contributed by atoms with Gasteiger partial charge in [0.1, 0.15) is 22.2 Å². The van der Waals surface area contributed by atoms with Crippen LogP contribution in [0.25, 0.3) is 16.0 Å². The first-order valence-corrected chi connectivity index (χ1v) is 9.69. The molecule has 1 N–H and O–H groups in total. The maximum Gasteiger partial charge on any atom is 0.278 e. The molecule has 0 bridgehead atoms. The standard InChI is InChI=1S/C17H8F4N4O2S2/c18-7-1-10(19)9(11(20)2-7)5-28-17-24-14-13(29-6-23-14)16(27)25(17)8-3-12(21)15(26)22-4-8/h1-4,6H,5H2,(H,22,26). The molecule has 0 unspecified atom stereocenters. The Morgan fingerprint density at radius 3 is 2.48 bits per heavy atom. The molecule has 6 nitrogen and oxygen atoms in total. The van der Waals surface area contributed by atoms with Crippen molar-refractivity contribution < 1.29 is 22.7 Å². The third kappa shape index (κ3) is 3.56. The van der Waals surface area contributed by atoms with Crippen molar-refractivity contribution in [2.45, 2.75) is 10.9 Å². The van der Waals surface area contributed by atoms with Crippen molar-refractivity contribution in [3.8, 4) is 11.6 Å². The van der Waals surface area contributed by atoms with Gasteiger partial charge in [-0.3, -0.25) is 9.36 Å². The normalized spacial score (nSPS) is 11.3. The van der Waals surface area contributed by atoms with Crippen LogP contribution in [0.1, 0.15) is 5.56 Å². The fraction of sp³-hybridized carbons (Fsp3) is 0.0588. The molecule has 1 aromatic carbocycles. The Balaban J connectivity index is 1.83. The molecule has 0 amide bonds. The SMILES string of the molecule is O=c1c2scnc2nc(SCc2c(F)cc(F)cc2F)n1-c1cnc(O)c(F)c1. The number of hydrogen-bond donors (Lipinski definition) is 1. The molecule has 0 spiro atoms. The summed E-state index contributed by atoms with van der Waals surface area (Å²) < 4.78 is 55.9.